The minimum absolute atomic E-state index is 0.255. The molecule has 0 unspecified atom stereocenters. The Balaban J connectivity index is 1.93. The van der Waals surface area contributed by atoms with Gasteiger partial charge in [0.2, 0.25) is 10.0 Å². The van der Waals surface area contributed by atoms with E-state index < -0.39 is 10.0 Å². The molecule has 0 saturated carbocycles. The van der Waals surface area contributed by atoms with E-state index in [2.05, 4.69) is 23.9 Å². The summed E-state index contributed by atoms with van der Waals surface area (Å²) in [6.07, 6.45) is 1.05. The molecule has 0 saturated heterocycles. The summed E-state index contributed by atoms with van der Waals surface area (Å²) < 4.78 is 31.0. The highest BCUT2D eigenvalue weighted by molar-refractivity contribution is 7.92. The predicted molar refractivity (Wildman–Crippen MR) is 108 cm³/mol. The molecule has 0 heterocycles. The molecule has 146 valence electrons. The molecule has 1 amide bonds. The molecular weight excluding hydrogens is 364 g/mol. The second kappa shape index (κ2) is 8.90. The average Bonchev–Trinajstić information content (AvgIpc) is 2.59. The molecule has 6 nitrogen and oxygen atoms in total. The fraction of sp³-hybridized carbons (Fsp3) is 0.350. The van der Waals surface area contributed by atoms with E-state index >= 15 is 0 Å². The average molecular weight is 391 g/mol. The van der Waals surface area contributed by atoms with E-state index in [9.17, 15) is 13.2 Å². The number of hydrogen-bond acceptors (Lipinski definition) is 4. The zero-order valence-electron chi connectivity index (χ0n) is 16.1. The number of amides is 1. The van der Waals surface area contributed by atoms with E-state index in [-0.39, 0.29) is 17.2 Å². The molecule has 0 aliphatic rings. The molecule has 0 aliphatic heterocycles. The van der Waals surface area contributed by atoms with Crippen LogP contribution in [0.15, 0.2) is 42.5 Å². The third-order valence-electron chi connectivity index (χ3n) is 3.92. The van der Waals surface area contributed by atoms with Gasteiger partial charge in [-0.1, -0.05) is 37.6 Å². The summed E-state index contributed by atoms with van der Waals surface area (Å²) in [5.74, 6) is 0.842. The molecule has 0 aliphatic carbocycles. The third-order valence-corrected chi connectivity index (χ3v) is 4.51. The number of aryl methyl sites for hydroxylation is 1. The van der Waals surface area contributed by atoms with Crippen LogP contribution in [0.25, 0.3) is 0 Å². The van der Waals surface area contributed by atoms with Gasteiger partial charge in [-0.15, -0.1) is 0 Å². The fourth-order valence-electron chi connectivity index (χ4n) is 2.51. The molecule has 0 radical (unpaired) electrons. The van der Waals surface area contributed by atoms with Gasteiger partial charge in [-0.3, -0.25) is 9.52 Å². The number of nitrogens with one attached hydrogen (secondary N) is 2. The number of anilines is 1. The number of ether oxygens (including phenoxy) is 1. The lowest BCUT2D eigenvalue weighted by atomic mass is 10.0. The zero-order chi connectivity index (χ0) is 20.0. The van der Waals surface area contributed by atoms with Crippen LogP contribution in [0, 0.1) is 6.92 Å². The number of carbonyl (C=O) groups excluding carboxylic acids is 1. The number of sulfonamides is 1. The molecule has 2 rings (SSSR count). The first-order valence-electron chi connectivity index (χ1n) is 8.75. The van der Waals surface area contributed by atoms with Crippen LogP contribution < -0.4 is 14.8 Å². The second-order valence-electron chi connectivity index (χ2n) is 6.75. The lowest BCUT2D eigenvalue weighted by molar-refractivity contribution is 0.0948. The van der Waals surface area contributed by atoms with Crippen LogP contribution in [-0.2, 0) is 10.0 Å². The summed E-state index contributed by atoms with van der Waals surface area (Å²) in [5.41, 5.74) is 2.63. The van der Waals surface area contributed by atoms with E-state index in [1.54, 1.807) is 18.2 Å². The molecule has 2 aromatic carbocycles. The van der Waals surface area contributed by atoms with E-state index in [0.717, 1.165) is 17.6 Å². The number of carbonyl (C=O) groups is 1. The van der Waals surface area contributed by atoms with E-state index in [1.807, 2.05) is 31.2 Å². The molecule has 2 aromatic rings. The Morgan fingerprint density at radius 3 is 2.37 bits per heavy atom. The summed E-state index contributed by atoms with van der Waals surface area (Å²) >= 11 is 0. The van der Waals surface area contributed by atoms with Gasteiger partial charge in [0, 0.05) is 0 Å². The highest BCUT2D eigenvalue weighted by atomic mass is 32.2. The predicted octanol–water partition coefficient (Wildman–Crippen LogP) is 3.30. The molecule has 0 aromatic heterocycles. The highest BCUT2D eigenvalue weighted by Gasteiger charge is 2.14. The van der Waals surface area contributed by atoms with Gasteiger partial charge in [0.25, 0.3) is 5.91 Å². The topological polar surface area (TPSA) is 84.5 Å². The maximum Gasteiger partial charge on any atom is 0.253 e. The highest BCUT2D eigenvalue weighted by Crippen LogP contribution is 2.19. The molecule has 0 atom stereocenters. The summed E-state index contributed by atoms with van der Waals surface area (Å²) in [5, 5.41) is 2.75. The van der Waals surface area contributed by atoms with Crippen molar-refractivity contribution in [2.75, 3.05) is 24.1 Å². The first kappa shape index (κ1) is 20.8. The largest absolute Gasteiger partial charge is 0.492 e. The van der Waals surface area contributed by atoms with Gasteiger partial charge in [0.05, 0.1) is 24.1 Å². The molecule has 27 heavy (non-hydrogen) atoms. The van der Waals surface area contributed by atoms with Crippen molar-refractivity contribution in [3.05, 3.63) is 59.2 Å². The molecule has 2 N–H and O–H groups in total. The van der Waals surface area contributed by atoms with Gasteiger partial charge < -0.3 is 10.1 Å². The minimum atomic E-state index is -3.47. The van der Waals surface area contributed by atoms with Crippen LogP contribution in [0.3, 0.4) is 0 Å². The molecule has 0 bridgehead atoms. The van der Waals surface area contributed by atoms with Crippen LogP contribution in [0.2, 0.25) is 0 Å². The molecular formula is C20H26N2O4S. The quantitative estimate of drug-likeness (QED) is 0.678. The van der Waals surface area contributed by atoms with E-state index in [0.29, 0.717) is 19.1 Å². The van der Waals surface area contributed by atoms with E-state index in [4.69, 9.17) is 4.74 Å². The van der Waals surface area contributed by atoms with Crippen molar-refractivity contribution in [3.63, 3.8) is 0 Å². The molecule has 0 spiro atoms. The van der Waals surface area contributed by atoms with Gasteiger partial charge in [-0.2, -0.15) is 0 Å². The normalized spacial score (nSPS) is 11.3. The number of benzene rings is 2. The lowest BCUT2D eigenvalue weighted by Crippen LogP contribution is -2.29. The van der Waals surface area contributed by atoms with Crippen LogP contribution in [0.4, 0.5) is 5.69 Å². The third kappa shape index (κ3) is 6.60. The zero-order valence-corrected chi connectivity index (χ0v) is 16.9. The summed E-state index contributed by atoms with van der Waals surface area (Å²) in [6.45, 7) is 6.71. The van der Waals surface area contributed by atoms with Gasteiger partial charge in [-0.25, -0.2) is 8.42 Å². The standard InChI is InChI=1S/C20H26N2O4S/c1-14(2)16-6-8-17(9-7-16)26-12-11-21-20(23)18-13-15(3)5-10-19(18)22-27(4,24)25/h5-10,13-14,22H,11-12H2,1-4H3,(H,21,23). The smallest absolute Gasteiger partial charge is 0.253 e. The van der Waals surface area contributed by atoms with Crippen molar-refractivity contribution in [1.82, 2.24) is 5.32 Å². The van der Waals surface area contributed by atoms with Crippen molar-refractivity contribution in [2.45, 2.75) is 26.7 Å². The van der Waals surface area contributed by atoms with Crippen LogP contribution >= 0.6 is 0 Å². The number of hydrogen-bond donors (Lipinski definition) is 2. The second-order valence-corrected chi connectivity index (χ2v) is 8.50. The fourth-order valence-corrected chi connectivity index (χ4v) is 3.09. The SMILES string of the molecule is Cc1ccc(NS(C)(=O)=O)c(C(=O)NCCOc2ccc(C(C)C)cc2)c1. The Labute approximate surface area is 161 Å². The first-order chi connectivity index (χ1) is 12.7. The first-order valence-corrected chi connectivity index (χ1v) is 10.6. The summed E-state index contributed by atoms with van der Waals surface area (Å²) in [7, 11) is -3.47. The Hall–Kier alpha value is -2.54. The van der Waals surface area contributed by atoms with Crippen molar-refractivity contribution in [2.24, 2.45) is 0 Å². The van der Waals surface area contributed by atoms with Gasteiger partial charge in [0.1, 0.15) is 12.4 Å². The maximum atomic E-state index is 12.4. The van der Waals surface area contributed by atoms with Crippen molar-refractivity contribution < 1.29 is 17.9 Å². The van der Waals surface area contributed by atoms with Crippen molar-refractivity contribution >= 4 is 21.6 Å². The van der Waals surface area contributed by atoms with Gasteiger partial charge in [0.15, 0.2) is 0 Å². The monoisotopic (exact) mass is 390 g/mol. The Bertz CT molecular complexity index is 891. The molecule has 0 fully saturated rings. The van der Waals surface area contributed by atoms with Gasteiger partial charge in [-0.05, 0) is 42.7 Å². The van der Waals surface area contributed by atoms with Crippen molar-refractivity contribution in [1.29, 1.82) is 0 Å². The summed E-state index contributed by atoms with van der Waals surface area (Å²) in [6, 6.07) is 12.8. The summed E-state index contributed by atoms with van der Waals surface area (Å²) in [4.78, 5) is 12.4. The lowest BCUT2D eigenvalue weighted by Gasteiger charge is -2.13. The van der Waals surface area contributed by atoms with Crippen LogP contribution in [-0.4, -0.2) is 33.7 Å². The van der Waals surface area contributed by atoms with Crippen molar-refractivity contribution in [3.8, 4) is 5.75 Å². The number of rotatable bonds is 8. The molecule has 7 heteroatoms. The Kier molecular flexibility index (Phi) is 6.85. The van der Waals surface area contributed by atoms with Gasteiger partial charge >= 0.3 is 0 Å². The maximum absolute atomic E-state index is 12.4. The van der Waals surface area contributed by atoms with Crippen LogP contribution in [0.5, 0.6) is 5.75 Å². The minimum Gasteiger partial charge on any atom is -0.492 e. The van der Waals surface area contributed by atoms with Crippen LogP contribution in [0.1, 0.15) is 41.3 Å². The Morgan fingerprint density at radius 1 is 1.11 bits per heavy atom. The van der Waals surface area contributed by atoms with E-state index in [1.165, 1.54) is 5.56 Å². The Morgan fingerprint density at radius 2 is 1.78 bits per heavy atom.